The van der Waals surface area contributed by atoms with Gasteiger partial charge < -0.3 is 9.88 Å². The van der Waals surface area contributed by atoms with Crippen LogP contribution in [0, 0.1) is 5.92 Å². The van der Waals surface area contributed by atoms with E-state index in [1.54, 1.807) is 0 Å². The number of piperidine rings is 1. The summed E-state index contributed by atoms with van der Waals surface area (Å²) in [6, 6.07) is 0.666. The fourth-order valence-corrected chi connectivity index (χ4v) is 2.83. The van der Waals surface area contributed by atoms with Gasteiger partial charge in [-0.3, -0.25) is 4.90 Å². The van der Waals surface area contributed by atoms with Crippen LogP contribution in [-0.2, 0) is 13.1 Å². The van der Waals surface area contributed by atoms with Crippen molar-refractivity contribution in [1.82, 2.24) is 25.0 Å². The molecule has 5 heteroatoms. The normalized spacial score (nSPS) is 31.3. The molecule has 3 rings (SSSR count). The van der Waals surface area contributed by atoms with Crippen LogP contribution < -0.4 is 5.32 Å². The first kappa shape index (κ1) is 10.2. The van der Waals surface area contributed by atoms with Gasteiger partial charge >= 0.3 is 0 Å². The Labute approximate surface area is 95.8 Å². The molecule has 1 fully saturated rings. The van der Waals surface area contributed by atoms with Crippen molar-refractivity contribution in [2.24, 2.45) is 5.92 Å². The van der Waals surface area contributed by atoms with E-state index in [4.69, 9.17) is 0 Å². The van der Waals surface area contributed by atoms with E-state index in [-0.39, 0.29) is 0 Å². The molecular formula is C11H19N5. The SMILES string of the molecule is CC1CCNCC1N1CCn2cnnc2C1. The van der Waals surface area contributed by atoms with Crippen LogP contribution in [0.15, 0.2) is 6.33 Å². The smallest absolute Gasteiger partial charge is 0.147 e. The van der Waals surface area contributed by atoms with Gasteiger partial charge in [-0.25, -0.2) is 0 Å². The van der Waals surface area contributed by atoms with Crippen molar-refractivity contribution in [1.29, 1.82) is 0 Å². The number of rotatable bonds is 1. The maximum absolute atomic E-state index is 4.18. The van der Waals surface area contributed by atoms with E-state index in [0.29, 0.717) is 6.04 Å². The van der Waals surface area contributed by atoms with Gasteiger partial charge in [-0.2, -0.15) is 0 Å². The highest BCUT2D eigenvalue weighted by molar-refractivity contribution is 4.94. The van der Waals surface area contributed by atoms with Gasteiger partial charge in [0.25, 0.3) is 0 Å². The van der Waals surface area contributed by atoms with E-state index in [9.17, 15) is 0 Å². The van der Waals surface area contributed by atoms with E-state index < -0.39 is 0 Å². The van der Waals surface area contributed by atoms with Crippen molar-refractivity contribution in [3.8, 4) is 0 Å². The minimum atomic E-state index is 0.666. The molecule has 0 aliphatic carbocycles. The first-order chi connectivity index (χ1) is 7.84. The Kier molecular flexibility index (Phi) is 2.65. The molecule has 0 radical (unpaired) electrons. The maximum atomic E-state index is 4.18. The summed E-state index contributed by atoms with van der Waals surface area (Å²) in [5, 5.41) is 11.6. The van der Waals surface area contributed by atoms with Gasteiger partial charge in [0.2, 0.25) is 0 Å². The number of nitrogens with zero attached hydrogens (tertiary/aromatic N) is 4. The molecule has 5 nitrogen and oxygen atoms in total. The summed E-state index contributed by atoms with van der Waals surface area (Å²) in [6.07, 6.45) is 3.13. The van der Waals surface area contributed by atoms with Gasteiger partial charge in [0.05, 0.1) is 6.54 Å². The van der Waals surface area contributed by atoms with Gasteiger partial charge in [-0.05, 0) is 18.9 Å². The Balaban J connectivity index is 1.72. The molecule has 0 amide bonds. The lowest BCUT2D eigenvalue weighted by Gasteiger charge is -2.40. The van der Waals surface area contributed by atoms with Gasteiger partial charge in [-0.1, -0.05) is 6.92 Å². The third kappa shape index (κ3) is 1.74. The highest BCUT2D eigenvalue weighted by atomic mass is 15.3. The Morgan fingerprint density at radius 3 is 3.25 bits per heavy atom. The van der Waals surface area contributed by atoms with Crippen LogP contribution in [-0.4, -0.2) is 45.3 Å². The van der Waals surface area contributed by atoms with Crippen LogP contribution in [0.5, 0.6) is 0 Å². The maximum Gasteiger partial charge on any atom is 0.147 e. The van der Waals surface area contributed by atoms with E-state index in [1.807, 2.05) is 6.33 Å². The molecule has 0 spiro atoms. The van der Waals surface area contributed by atoms with Crippen LogP contribution in [0.1, 0.15) is 19.2 Å². The molecule has 1 N–H and O–H groups in total. The van der Waals surface area contributed by atoms with Gasteiger partial charge in [-0.15, -0.1) is 10.2 Å². The third-order valence-electron chi connectivity index (χ3n) is 3.92. The monoisotopic (exact) mass is 221 g/mol. The molecule has 88 valence electrons. The minimum Gasteiger partial charge on any atom is -0.315 e. The molecule has 1 aromatic rings. The zero-order chi connectivity index (χ0) is 11.0. The van der Waals surface area contributed by atoms with Crippen LogP contribution in [0.4, 0.5) is 0 Å². The number of hydrogen-bond acceptors (Lipinski definition) is 4. The number of hydrogen-bond donors (Lipinski definition) is 1. The van der Waals surface area contributed by atoms with E-state index in [0.717, 1.165) is 37.9 Å². The number of nitrogens with one attached hydrogen (secondary N) is 1. The summed E-state index contributed by atoms with van der Waals surface area (Å²) in [5.41, 5.74) is 0. The van der Waals surface area contributed by atoms with Crippen LogP contribution in [0.25, 0.3) is 0 Å². The lowest BCUT2D eigenvalue weighted by molar-refractivity contribution is 0.0931. The fourth-order valence-electron chi connectivity index (χ4n) is 2.83. The Morgan fingerprint density at radius 1 is 1.44 bits per heavy atom. The standard InChI is InChI=1S/C11H19N5/c1-9-2-3-12-6-10(9)15-4-5-16-8-13-14-11(16)7-15/h8-10,12H,2-7H2,1H3. The molecule has 1 aromatic heterocycles. The molecule has 2 unspecified atom stereocenters. The Hall–Kier alpha value is -0.940. The predicted molar refractivity (Wildman–Crippen MR) is 60.9 cm³/mol. The van der Waals surface area contributed by atoms with Crippen molar-refractivity contribution in [2.75, 3.05) is 19.6 Å². The molecule has 0 aromatic carbocycles. The van der Waals surface area contributed by atoms with Crippen molar-refractivity contribution < 1.29 is 0 Å². The lowest BCUT2D eigenvalue weighted by atomic mass is 9.93. The summed E-state index contributed by atoms with van der Waals surface area (Å²) in [7, 11) is 0. The molecule has 3 heterocycles. The second-order valence-electron chi connectivity index (χ2n) is 4.95. The summed E-state index contributed by atoms with van der Waals surface area (Å²) >= 11 is 0. The predicted octanol–water partition coefficient (Wildman–Crippen LogP) is 0.0917. The number of aromatic nitrogens is 3. The van der Waals surface area contributed by atoms with Crippen LogP contribution in [0.3, 0.4) is 0 Å². The summed E-state index contributed by atoms with van der Waals surface area (Å²) in [6.45, 7) is 7.77. The summed E-state index contributed by atoms with van der Waals surface area (Å²) < 4.78 is 2.16. The molecule has 2 atom stereocenters. The fraction of sp³-hybridized carbons (Fsp3) is 0.818. The third-order valence-corrected chi connectivity index (χ3v) is 3.92. The summed E-state index contributed by atoms with van der Waals surface area (Å²) in [4.78, 5) is 2.56. The minimum absolute atomic E-state index is 0.666. The first-order valence-electron chi connectivity index (χ1n) is 6.16. The quantitative estimate of drug-likeness (QED) is 0.730. The lowest BCUT2D eigenvalue weighted by Crippen LogP contribution is -2.52. The van der Waals surface area contributed by atoms with Crippen molar-refractivity contribution in [3.63, 3.8) is 0 Å². The van der Waals surface area contributed by atoms with Crippen molar-refractivity contribution in [2.45, 2.75) is 32.5 Å². The number of fused-ring (bicyclic) bond motifs is 1. The average Bonchev–Trinajstić information content (AvgIpc) is 2.76. The zero-order valence-electron chi connectivity index (χ0n) is 9.76. The molecular weight excluding hydrogens is 202 g/mol. The van der Waals surface area contributed by atoms with Crippen LogP contribution in [0.2, 0.25) is 0 Å². The first-order valence-corrected chi connectivity index (χ1v) is 6.16. The van der Waals surface area contributed by atoms with Crippen LogP contribution >= 0.6 is 0 Å². The largest absolute Gasteiger partial charge is 0.315 e. The van der Waals surface area contributed by atoms with Crippen molar-refractivity contribution >= 4 is 0 Å². The second-order valence-corrected chi connectivity index (χ2v) is 4.95. The molecule has 1 saturated heterocycles. The topological polar surface area (TPSA) is 46.0 Å². The Morgan fingerprint density at radius 2 is 2.38 bits per heavy atom. The molecule has 2 aliphatic rings. The highest BCUT2D eigenvalue weighted by Gasteiger charge is 2.29. The zero-order valence-corrected chi connectivity index (χ0v) is 9.76. The van der Waals surface area contributed by atoms with Gasteiger partial charge in [0, 0.05) is 25.7 Å². The van der Waals surface area contributed by atoms with E-state index >= 15 is 0 Å². The highest BCUT2D eigenvalue weighted by Crippen LogP contribution is 2.21. The molecule has 16 heavy (non-hydrogen) atoms. The molecule has 0 bridgehead atoms. The van der Waals surface area contributed by atoms with Gasteiger partial charge in [0.15, 0.2) is 0 Å². The van der Waals surface area contributed by atoms with E-state index in [1.165, 1.54) is 13.0 Å². The Bertz CT molecular complexity index is 361. The molecule has 2 aliphatic heterocycles. The van der Waals surface area contributed by atoms with Crippen molar-refractivity contribution in [3.05, 3.63) is 12.2 Å². The average molecular weight is 221 g/mol. The summed E-state index contributed by atoms with van der Waals surface area (Å²) in [5.74, 6) is 1.90. The molecule has 0 saturated carbocycles. The second kappa shape index (κ2) is 4.14. The van der Waals surface area contributed by atoms with E-state index in [2.05, 4.69) is 31.9 Å². The van der Waals surface area contributed by atoms with Gasteiger partial charge in [0.1, 0.15) is 12.2 Å².